The van der Waals surface area contributed by atoms with E-state index in [1.54, 1.807) is 0 Å². The molecule has 10 heteroatoms. The molecule has 0 radical (unpaired) electrons. The quantitative estimate of drug-likeness (QED) is 0.352. The van der Waals surface area contributed by atoms with Gasteiger partial charge in [0.1, 0.15) is 0 Å². The van der Waals surface area contributed by atoms with Crippen LogP contribution in [0.1, 0.15) is 38.5 Å². The fourth-order valence-corrected chi connectivity index (χ4v) is 6.13. The fourth-order valence-electron chi connectivity index (χ4n) is 1.67. The lowest BCUT2D eigenvalue weighted by Crippen LogP contribution is -1.85. The van der Waals surface area contributed by atoms with Crippen molar-refractivity contribution in [3.05, 3.63) is 0 Å². The Morgan fingerprint density at radius 2 is 0.900 bits per heavy atom. The van der Waals surface area contributed by atoms with Crippen LogP contribution in [-0.4, -0.2) is 25.7 Å². The zero-order chi connectivity index (χ0) is 15.4. The molecule has 0 aliphatic heterocycles. The highest BCUT2D eigenvalue weighted by Gasteiger charge is 2.03. The lowest BCUT2D eigenvalue weighted by molar-refractivity contribution is 0.485. The first-order valence-corrected chi connectivity index (χ1v) is 13.5. The maximum atomic E-state index is 11.3. The van der Waals surface area contributed by atoms with Gasteiger partial charge in [-0.1, -0.05) is 25.7 Å². The minimum absolute atomic E-state index is 0.501. The molecule has 0 aromatic rings. The van der Waals surface area contributed by atoms with Crippen molar-refractivity contribution in [2.24, 2.45) is 0 Å². The number of hydrogen-bond acceptors (Lipinski definition) is 6. The topological polar surface area (TPSA) is 86.7 Å². The first-order chi connectivity index (χ1) is 9.41. The normalized spacial score (nSPS) is 17.5. The summed E-state index contributed by atoms with van der Waals surface area (Å²) in [4.78, 5) is 0. The molecule has 0 aliphatic rings. The van der Waals surface area contributed by atoms with Crippen LogP contribution in [0.25, 0.3) is 0 Å². The van der Waals surface area contributed by atoms with E-state index in [9.17, 15) is 18.3 Å². The van der Waals surface area contributed by atoms with Crippen LogP contribution in [0.4, 0.5) is 0 Å². The lowest BCUT2D eigenvalue weighted by Gasteiger charge is -2.03. The molecule has 0 amide bonds. The van der Waals surface area contributed by atoms with E-state index in [2.05, 4.69) is 0 Å². The highest BCUT2D eigenvalue weighted by Crippen LogP contribution is 2.37. The van der Waals surface area contributed by atoms with Gasteiger partial charge in [-0.2, -0.15) is 0 Å². The van der Waals surface area contributed by atoms with E-state index in [0.29, 0.717) is 12.3 Å². The molecule has 0 rings (SSSR count). The molecule has 0 saturated carbocycles. The molecule has 122 valence electrons. The Labute approximate surface area is 123 Å². The molecule has 0 fully saturated rings. The molecule has 0 N–H and O–H groups in total. The minimum atomic E-state index is -2.11. The second-order valence-electron chi connectivity index (χ2n) is 4.55. The van der Waals surface area contributed by atoms with E-state index in [1.165, 1.54) is 13.3 Å². The van der Waals surface area contributed by atoms with Gasteiger partial charge in [-0.15, -0.1) is 0 Å². The summed E-state index contributed by atoms with van der Waals surface area (Å²) in [5, 5.41) is 0. The highest BCUT2D eigenvalue weighted by molar-refractivity contribution is 7.52. The van der Waals surface area contributed by atoms with Crippen molar-refractivity contribution in [3.8, 4) is 0 Å². The SMILES string of the molecule is C[PH](=O)O[PH](=O)CCCCCCCC[PH](=O)O[PH](C)=O. The maximum Gasteiger partial charge on any atom is 0.197 e. The molecule has 0 heterocycles. The lowest BCUT2D eigenvalue weighted by atomic mass is 10.1. The van der Waals surface area contributed by atoms with E-state index in [1.807, 2.05) is 0 Å². The smallest absolute Gasteiger partial charge is 0.197 e. The van der Waals surface area contributed by atoms with Gasteiger partial charge in [-0.3, -0.25) is 26.9 Å². The third-order valence-electron chi connectivity index (χ3n) is 2.53. The monoisotopic (exact) mass is 366 g/mol. The number of hydrogen-bond donors (Lipinski definition) is 0. The Balaban J connectivity index is 3.33. The van der Waals surface area contributed by atoms with Crippen LogP contribution in [-0.2, 0) is 26.9 Å². The van der Waals surface area contributed by atoms with Crippen molar-refractivity contribution in [1.82, 2.24) is 0 Å². The summed E-state index contributed by atoms with van der Waals surface area (Å²) < 4.78 is 53.5. The van der Waals surface area contributed by atoms with Crippen molar-refractivity contribution in [2.45, 2.75) is 38.5 Å². The van der Waals surface area contributed by atoms with Crippen LogP contribution in [0.3, 0.4) is 0 Å². The summed E-state index contributed by atoms with van der Waals surface area (Å²) in [6.07, 6.45) is 6.65. The summed E-state index contributed by atoms with van der Waals surface area (Å²) in [6.45, 7) is 2.89. The summed E-state index contributed by atoms with van der Waals surface area (Å²) in [7, 11) is -8.37. The van der Waals surface area contributed by atoms with Gasteiger partial charge >= 0.3 is 0 Å². The summed E-state index contributed by atoms with van der Waals surface area (Å²) >= 11 is 0. The molecule has 4 unspecified atom stereocenters. The summed E-state index contributed by atoms with van der Waals surface area (Å²) in [5.74, 6) is 0. The highest BCUT2D eigenvalue weighted by atomic mass is 31.2. The van der Waals surface area contributed by atoms with Crippen LogP contribution >= 0.6 is 32.1 Å². The summed E-state index contributed by atoms with van der Waals surface area (Å²) in [5.41, 5.74) is 0. The van der Waals surface area contributed by atoms with Gasteiger partial charge in [-0.25, -0.2) is 0 Å². The first-order valence-electron chi connectivity index (χ1n) is 6.84. The van der Waals surface area contributed by atoms with Gasteiger partial charge in [0, 0.05) is 25.7 Å². The Hall–Kier alpha value is 0.840. The van der Waals surface area contributed by atoms with Gasteiger partial charge in [0.05, 0.1) is 0 Å². The Morgan fingerprint density at radius 3 is 1.20 bits per heavy atom. The van der Waals surface area contributed by atoms with Crippen molar-refractivity contribution in [1.29, 1.82) is 0 Å². The van der Waals surface area contributed by atoms with Crippen LogP contribution in [0.15, 0.2) is 0 Å². The van der Waals surface area contributed by atoms with E-state index in [4.69, 9.17) is 8.62 Å². The molecular formula is C10H26O6P4. The second-order valence-corrected chi connectivity index (χ2v) is 10.6. The van der Waals surface area contributed by atoms with Crippen LogP contribution < -0.4 is 0 Å². The molecule has 0 aliphatic carbocycles. The van der Waals surface area contributed by atoms with Crippen LogP contribution in [0.2, 0.25) is 0 Å². The van der Waals surface area contributed by atoms with Crippen LogP contribution in [0, 0.1) is 0 Å². The van der Waals surface area contributed by atoms with Crippen molar-refractivity contribution in [2.75, 3.05) is 25.7 Å². The zero-order valence-electron chi connectivity index (χ0n) is 12.1. The molecule has 0 aromatic heterocycles. The van der Waals surface area contributed by atoms with E-state index in [-0.39, 0.29) is 0 Å². The third-order valence-corrected chi connectivity index (χ3v) is 8.17. The summed E-state index contributed by atoms with van der Waals surface area (Å²) in [6, 6.07) is 0. The van der Waals surface area contributed by atoms with E-state index >= 15 is 0 Å². The zero-order valence-corrected chi connectivity index (χ0v) is 16.1. The largest absolute Gasteiger partial charge is 0.296 e. The molecule has 20 heavy (non-hydrogen) atoms. The van der Waals surface area contributed by atoms with Crippen LogP contribution in [0.5, 0.6) is 0 Å². The van der Waals surface area contributed by atoms with Crippen molar-refractivity contribution < 1.29 is 26.9 Å². The molecule has 0 bridgehead atoms. The van der Waals surface area contributed by atoms with Crippen molar-refractivity contribution >= 4 is 32.1 Å². The maximum absolute atomic E-state index is 11.3. The Morgan fingerprint density at radius 1 is 0.600 bits per heavy atom. The predicted octanol–water partition coefficient (Wildman–Crippen LogP) is 4.52. The van der Waals surface area contributed by atoms with Gasteiger partial charge < -0.3 is 0 Å². The van der Waals surface area contributed by atoms with E-state index < -0.39 is 32.1 Å². The van der Waals surface area contributed by atoms with Gasteiger partial charge in [0.15, 0.2) is 32.1 Å². The third kappa shape index (κ3) is 15.2. The average molecular weight is 366 g/mol. The first kappa shape index (κ1) is 20.8. The molecular weight excluding hydrogens is 340 g/mol. The molecule has 0 spiro atoms. The van der Waals surface area contributed by atoms with E-state index in [0.717, 1.165) is 38.5 Å². The Kier molecular flexibility index (Phi) is 14.1. The average Bonchev–Trinajstić information content (AvgIpc) is 2.30. The number of unbranched alkanes of at least 4 members (excludes halogenated alkanes) is 5. The molecule has 0 saturated heterocycles. The minimum Gasteiger partial charge on any atom is -0.296 e. The van der Waals surface area contributed by atoms with Gasteiger partial charge in [0.25, 0.3) is 0 Å². The molecule has 0 aromatic carbocycles. The van der Waals surface area contributed by atoms with Gasteiger partial charge in [0.2, 0.25) is 0 Å². The second kappa shape index (κ2) is 13.5. The number of rotatable bonds is 13. The molecule has 6 nitrogen and oxygen atoms in total. The predicted molar refractivity (Wildman–Crippen MR) is 87.5 cm³/mol. The fraction of sp³-hybridized carbons (Fsp3) is 1.00. The standard InChI is InChI=1S/C10H26O6P4/c1-17(11)15-19(13)9-7-5-3-4-6-8-10-20(14)16-18(2)12/h17-20H,3-10H2,1-2H3. The van der Waals surface area contributed by atoms with Gasteiger partial charge in [-0.05, 0) is 12.8 Å². The Bertz CT molecular complexity index is 326. The molecule has 4 atom stereocenters. The van der Waals surface area contributed by atoms with Crippen molar-refractivity contribution in [3.63, 3.8) is 0 Å².